The number of unbranched alkanes of at least 4 members (excludes halogenated alkanes) is 41. The molecular formula is C62H117NO5. The molecule has 1 amide bonds. The highest BCUT2D eigenvalue weighted by Gasteiger charge is 2.18. The standard InChI is InChI=1S/C62H117NO5/c1-3-5-7-9-11-13-15-16-28-32-36-40-44-48-52-56-62(67)68-57-53-49-45-41-37-33-30-27-25-23-21-19-17-18-20-22-24-26-29-31-35-39-43-47-51-55-61(66)63-59(58-64)60(65)54-50-46-42-38-34-14-12-10-8-6-4-2/h11,13,16,28,50,54,59-60,64-65H,3-10,12,14-15,17-27,29-49,51-53,55-58H2,1-2H3,(H,63,66)/b13-11-,28-16-,54-50+. The minimum Gasteiger partial charge on any atom is -0.466 e. The molecule has 0 aromatic rings. The van der Waals surface area contributed by atoms with Crippen LogP contribution in [0.2, 0.25) is 0 Å². The Labute approximate surface area is 424 Å². The van der Waals surface area contributed by atoms with Crippen molar-refractivity contribution in [1.29, 1.82) is 0 Å². The summed E-state index contributed by atoms with van der Waals surface area (Å²) in [6, 6.07) is -0.625. The van der Waals surface area contributed by atoms with Crippen LogP contribution in [-0.4, -0.2) is 47.4 Å². The molecule has 68 heavy (non-hydrogen) atoms. The Bertz CT molecular complexity index is 1100. The maximum absolute atomic E-state index is 12.4. The van der Waals surface area contributed by atoms with E-state index in [1.54, 1.807) is 6.08 Å². The fourth-order valence-corrected chi connectivity index (χ4v) is 9.25. The van der Waals surface area contributed by atoms with Crippen LogP contribution in [0.1, 0.15) is 322 Å². The highest BCUT2D eigenvalue weighted by Crippen LogP contribution is 2.17. The predicted octanol–water partition coefficient (Wildman–Crippen LogP) is 18.8. The summed E-state index contributed by atoms with van der Waals surface area (Å²) in [6.07, 6.45) is 71.9. The van der Waals surface area contributed by atoms with Gasteiger partial charge < -0.3 is 20.3 Å². The van der Waals surface area contributed by atoms with Crippen LogP contribution in [0.3, 0.4) is 0 Å². The van der Waals surface area contributed by atoms with E-state index in [2.05, 4.69) is 43.5 Å². The van der Waals surface area contributed by atoms with Crippen LogP contribution in [0, 0.1) is 0 Å². The van der Waals surface area contributed by atoms with Crippen molar-refractivity contribution < 1.29 is 24.5 Å². The van der Waals surface area contributed by atoms with Gasteiger partial charge in [-0.1, -0.05) is 281 Å². The van der Waals surface area contributed by atoms with Gasteiger partial charge in [-0.05, 0) is 64.2 Å². The summed E-state index contributed by atoms with van der Waals surface area (Å²) in [5.41, 5.74) is 0. The summed E-state index contributed by atoms with van der Waals surface area (Å²) in [5, 5.41) is 23.0. The second-order valence-electron chi connectivity index (χ2n) is 20.7. The van der Waals surface area contributed by atoms with Crippen molar-refractivity contribution in [3.05, 3.63) is 36.5 Å². The van der Waals surface area contributed by atoms with E-state index < -0.39 is 12.1 Å². The van der Waals surface area contributed by atoms with E-state index in [9.17, 15) is 19.8 Å². The van der Waals surface area contributed by atoms with Gasteiger partial charge in [-0.3, -0.25) is 9.59 Å². The third kappa shape index (κ3) is 53.4. The van der Waals surface area contributed by atoms with E-state index in [1.807, 2.05) is 6.08 Å². The van der Waals surface area contributed by atoms with Crippen molar-refractivity contribution in [2.24, 2.45) is 0 Å². The minimum absolute atomic E-state index is 0.00169. The van der Waals surface area contributed by atoms with E-state index >= 15 is 0 Å². The smallest absolute Gasteiger partial charge is 0.305 e. The molecule has 2 unspecified atom stereocenters. The first-order valence-corrected chi connectivity index (χ1v) is 30.3. The molecule has 0 aromatic heterocycles. The fraction of sp³-hybridized carbons (Fsp3) is 0.871. The molecule has 0 aliphatic carbocycles. The number of amides is 1. The summed E-state index contributed by atoms with van der Waals surface area (Å²) >= 11 is 0. The normalized spacial score (nSPS) is 12.8. The molecule has 6 heteroatoms. The second kappa shape index (κ2) is 57.7. The van der Waals surface area contributed by atoms with Gasteiger partial charge in [0, 0.05) is 12.8 Å². The molecule has 0 saturated heterocycles. The Kier molecular flexibility index (Phi) is 56.0. The Hall–Kier alpha value is -1.92. The number of allylic oxidation sites excluding steroid dienone is 5. The van der Waals surface area contributed by atoms with Gasteiger partial charge in [0.1, 0.15) is 0 Å². The van der Waals surface area contributed by atoms with Crippen LogP contribution in [0.25, 0.3) is 0 Å². The van der Waals surface area contributed by atoms with Crippen LogP contribution in [-0.2, 0) is 14.3 Å². The molecule has 0 aromatic carbocycles. The molecule has 0 bridgehead atoms. The van der Waals surface area contributed by atoms with E-state index in [0.29, 0.717) is 19.4 Å². The zero-order valence-corrected chi connectivity index (χ0v) is 45.6. The molecule has 0 saturated carbocycles. The van der Waals surface area contributed by atoms with Crippen molar-refractivity contribution in [3.63, 3.8) is 0 Å². The lowest BCUT2D eigenvalue weighted by Crippen LogP contribution is -2.45. The average molecular weight is 957 g/mol. The Morgan fingerprint density at radius 1 is 0.412 bits per heavy atom. The fourth-order valence-electron chi connectivity index (χ4n) is 9.25. The molecule has 0 rings (SSSR count). The van der Waals surface area contributed by atoms with Crippen molar-refractivity contribution in [1.82, 2.24) is 5.32 Å². The van der Waals surface area contributed by atoms with Gasteiger partial charge in [-0.25, -0.2) is 0 Å². The van der Waals surface area contributed by atoms with E-state index in [-0.39, 0.29) is 18.5 Å². The van der Waals surface area contributed by atoms with Crippen molar-refractivity contribution in [2.45, 2.75) is 334 Å². The van der Waals surface area contributed by atoms with Crippen LogP contribution < -0.4 is 5.32 Å². The van der Waals surface area contributed by atoms with Gasteiger partial charge in [0.2, 0.25) is 5.91 Å². The summed E-state index contributed by atoms with van der Waals surface area (Å²) in [4.78, 5) is 24.5. The Morgan fingerprint density at radius 3 is 1.15 bits per heavy atom. The average Bonchev–Trinajstić information content (AvgIpc) is 3.34. The molecular weight excluding hydrogens is 839 g/mol. The van der Waals surface area contributed by atoms with Gasteiger partial charge in [-0.15, -0.1) is 0 Å². The summed E-state index contributed by atoms with van der Waals surface area (Å²) in [7, 11) is 0. The van der Waals surface area contributed by atoms with Gasteiger partial charge >= 0.3 is 5.97 Å². The summed E-state index contributed by atoms with van der Waals surface area (Å²) in [5.74, 6) is -0.0656. The van der Waals surface area contributed by atoms with E-state index in [4.69, 9.17) is 4.74 Å². The Morgan fingerprint density at radius 2 is 0.735 bits per heavy atom. The number of esters is 1. The first-order chi connectivity index (χ1) is 33.5. The Balaban J connectivity index is 3.36. The molecule has 0 aliphatic heterocycles. The molecule has 0 fully saturated rings. The van der Waals surface area contributed by atoms with Gasteiger partial charge in [-0.2, -0.15) is 0 Å². The molecule has 0 radical (unpaired) electrons. The number of hydrogen-bond acceptors (Lipinski definition) is 5. The molecule has 400 valence electrons. The van der Waals surface area contributed by atoms with Crippen LogP contribution in [0.5, 0.6) is 0 Å². The minimum atomic E-state index is -0.842. The lowest BCUT2D eigenvalue weighted by Gasteiger charge is -2.20. The molecule has 0 spiro atoms. The van der Waals surface area contributed by atoms with E-state index in [0.717, 1.165) is 51.4 Å². The van der Waals surface area contributed by atoms with Gasteiger partial charge in [0.15, 0.2) is 0 Å². The molecule has 2 atom stereocenters. The lowest BCUT2D eigenvalue weighted by atomic mass is 10.0. The summed E-state index contributed by atoms with van der Waals surface area (Å²) in [6.45, 7) is 4.87. The first kappa shape index (κ1) is 66.1. The molecule has 0 aliphatic rings. The third-order valence-corrected chi connectivity index (χ3v) is 13.9. The van der Waals surface area contributed by atoms with Crippen molar-refractivity contribution in [2.75, 3.05) is 13.2 Å². The number of ether oxygens (including phenoxy) is 1. The number of carbonyl (C=O) groups is 2. The van der Waals surface area contributed by atoms with Crippen LogP contribution >= 0.6 is 0 Å². The van der Waals surface area contributed by atoms with E-state index in [1.165, 1.54) is 244 Å². The number of aliphatic hydroxyl groups excluding tert-OH is 2. The van der Waals surface area contributed by atoms with Gasteiger partial charge in [0.05, 0.1) is 25.4 Å². The maximum atomic E-state index is 12.4. The lowest BCUT2D eigenvalue weighted by molar-refractivity contribution is -0.143. The predicted molar refractivity (Wildman–Crippen MR) is 296 cm³/mol. The van der Waals surface area contributed by atoms with Crippen molar-refractivity contribution >= 4 is 11.9 Å². The topological polar surface area (TPSA) is 95.9 Å². The number of aliphatic hydroxyl groups is 2. The number of carbonyl (C=O) groups excluding carboxylic acids is 2. The SMILES string of the molecule is CCCCC/C=C\C/C=C\CCCCCCCC(=O)OCCCCCCCCCCCCCCCCCCCCCCCCCCCC(=O)NC(CO)C(O)/C=C/CCCCCCCCCCC. The molecule has 6 nitrogen and oxygen atoms in total. The monoisotopic (exact) mass is 956 g/mol. The third-order valence-electron chi connectivity index (χ3n) is 13.9. The highest BCUT2D eigenvalue weighted by atomic mass is 16.5. The number of rotatable bonds is 56. The number of hydrogen-bond donors (Lipinski definition) is 3. The van der Waals surface area contributed by atoms with Crippen LogP contribution in [0.15, 0.2) is 36.5 Å². The van der Waals surface area contributed by atoms with Gasteiger partial charge in [0.25, 0.3) is 0 Å². The maximum Gasteiger partial charge on any atom is 0.305 e. The summed E-state index contributed by atoms with van der Waals surface area (Å²) < 4.78 is 5.48. The molecule has 3 N–H and O–H groups in total. The second-order valence-corrected chi connectivity index (χ2v) is 20.7. The number of nitrogens with one attached hydrogen (secondary N) is 1. The van der Waals surface area contributed by atoms with Crippen LogP contribution in [0.4, 0.5) is 0 Å². The highest BCUT2D eigenvalue weighted by molar-refractivity contribution is 5.76. The first-order valence-electron chi connectivity index (χ1n) is 30.3. The molecule has 0 heterocycles. The largest absolute Gasteiger partial charge is 0.466 e. The zero-order valence-electron chi connectivity index (χ0n) is 45.6. The quantitative estimate of drug-likeness (QED) is 0.0321. The zero-order chi connectivity index (χ0) is 49.3. The van der Waals surface area contributed by atoms with Crippen molar-refractivity contribution in [3.8, 4) is 0 Å².